The maximum absolute atomic E-state index is 12.7. The van der Waals surface area contributed by atoms with E-state index in [0.29, 0.717) is 35.6 Å². The zero-order valence-electron chi connectivity index (χ0n) is 24.2. The molecule has 2 aliphatic rings. The lowest BCUT2D eigenvalue weighted by Crippen LogP contribution is -2.47. The number of piperidine rings is 1. The van der Waals surface area contributed by atoms with Crippen LogP contribution < -0.4 is 11.1 Å². The Labute approximate surface area is 240 Å². The number of pyridine rings is 1. The molecule has 1 aromatic carbocycles. The molecule has 218 valence electrons. The third-order valence-corrected chi connectivity index (χ3v) is 7.25. The number of nitrogens with zero attached hydrogens (tertiary/aromatic N) is 5. The summed E-state index contributed by atoms with van der Waals surface area (Å²) >= 11 is 0. The lowest BCUT2D eigenvalue weighted by Gasteiger charge is -2.34. The number of carbonyl (C=O) groups excluding carboxylic acids is 2. The highest BCUT2D eigenvalue weighted by atomic mass is 16.6. The molecule has 11 nitrogen and oxygen atoms in total. The van der Waals surface area contributed by atoms with Gasteiger partial charge in [-0.3, -0.25) is 9.69 Å². The molecule has 3 N–H and O–H groups in total. The molecule has 0 spiro atoms. The predicted octanol–water partition coefficient (Wildman–Crippen LogP) is 3.82. The molecule has 3 aromatic rings. The first kappa shape index (κ1) is 28.7. The number of nitrogens with one attached hydrogen (secondary N) is 1. The quantitative estimate of drug-likeness (QED) is 0.460. The fraction of sp³-hybridized carbons (Fsp3) is 0.500. The first-order valence-corrected chi connectivity index (χ1v) is 14.2. The van der Waals surface area contributed by atoms with Crippen LogP contribution >= 0.6 is 0 Å². The van der Waals surface area contributed by atoms with Crippen molar-refractivity contribution in [2.45, 2.75) is 64.8 Å². The fourth-order valence-corrected chi connectivity index (χ4v) is 5.33. The highest BCUT2D eigenvalue weighted by molar-refractivity contribution is 6.06. The first-order valence-electron chi connectivity index (χ1n) is 14.2. The maximum Gasteiger partial charge on any atom is 0.410 e. The number of primary amides is 1. The summed E-state index contributed by atoms with van der Waals surface area (Å²) in [5.74, 6) is -0.0939. The molecule has 0 saturated carbocycles. The summed E-state index contributed by atoms with van der Waals surface area (Å²) in [5, 5.41) is 3.44. The number of benzene rings is 1. The second-order valence-electron chi connectivity index (χ2n) is 11.9. The van der Waals surface area contributed by atoms with Gasteiger partial charge in [0.2, 0.25) is 0 Å². The first-order chi connectivity index (χ1) is 19.6. The van der Waals surface area contributed by atoms with Gasteiger partial charge in [0.25, 0.3) is 5.91 Å². The van der Waals surface area contributed by atoms with E-state index in [1.54, 1.807) is 11.0 Å². The van der Waals surface area contributed by atoms with Crippen molar-refractivity contribution in [2.75, 3.05) is 38.1 Å². The van der Waals surface area contributed by atoms with Crippen LogP contribution in [-0.4, -0.2) is 87.3 Å². The highest BCUT2D eigenvalue weighted by Gasteiger charge is 2.28. The third-order valence-electron chi connectivity index (χ3n) is 7.25. The minimum Gasteiger partial charge on any atom is -0.444 e. The molecule has 0 bridgehead atoms. The Morgan fingerprint density at radius 2 is 1.90 bits per heavy atom. The average molecular weight is 562 g/mol. The number of amides is 2. The number of fused-ring (bicyclic) bond motifs is 1. The van der Waals surface area contributed by atoms with E-state index in [1.165, 1.54) is 11.9 Å². The van der Waals surface area contributed by atoms with Gasteiger partial charge < -0.3 is 25.4 Å². The van der Waals surface area contributed by atoms with Crippen LogP contribution in [0.2, 0.25) is 0 Å². The van der Waals surface area contributed by atoms with E-state index in [-0.39, 0.29) is 23.8 Å². The highest BCUT2D eigenvalue weighted by Crippen LogP contribution is 2.28. The molecule has 2 amide bonds. The minimum atomic E-state index is -0.588. The molecule has 5 rings (SSSR count). The molecular weight excluding hydrogens is 522 g/mol. The van der Waals surface area contributed by atoms with Gasteiger partial charge >= 0.3 is 6.09 Å². The van der Waals surface area contributed by atoms with Crippen LogP contribution in [0.1, 0.15) is 56.5 Å². The van der Waals surface area contributed by atoms with E-state index in [0.717, 1.165) is 44.6 Å². The van der Waals surface area contributed by atoms with Crippen LogP contribution in [0.3, 0.4) is 0 Å². The minimum absolute atomic E-state index is 0.0703. The van der Waals surface area contributed by atoms with Crippen molar-refractivity contribution in [3.63, 3.8) is 0 Å². The fourth-order valence-electron chi connectivity index (χ4n) is 5.33. The van der Waals surface area contributed by atoms with Crippen LogP contribution in [0.15, 0.2) is 36.7 Å². The SMILES string of the molecule is C[C@@H]1CN(Cc2ccc(-c3cc(C(N)=O)c4ncnc(N[C@H]5CCCN(C(=O)OC(C)(C)C)C5)c4n3)cc2)CCO1. The molecule has 11 heteroatoms. The molecule has 0 unspecified atom stereocenters. The zero-order chi connectivity index (χ0) is 29.1. The van der Waals surface area contributed by atoms with E-state index < -0.39 is 11.5 Å². The monoisotopic (exact) mass is 561 g/mol. The number of morpholine rings is 1. The van der Waals surface area contributed by atoms with Crippen LogP contribution in [0.25, 0.3) is 22.3 Å². The van der Waals surface area contributed by atoms with Crippen molar-refractivity contribution in [1.82, 2.24) is 24.8 Å². The second-order valence-corrected chi connectivity index (χ2v) is 11.9. The van der Waals surface area contributed by atoms with E-state index in [2.05, 4.69) is 39.2 Å². The number of anilines is 1. The molecule has 2 aliphatic heterocycles. The van der Waals surface area contributed by atoms with Gasteiger partial charge in [0.15, 0.2) is 5.82 Å². The lowest BCUT2D eigenvalue weighted by molar-refractivity contribution is -0.0212. The number of ether oxygens (including phenoxy) is 2. The van der Waals surface area contributed by atoms with Crippen molar-refractivity contribution in [1.29, 1.82) is 0 Å². The van der Waals surface area contributed by atoms with Crippen LogP contribution in [-0.2, 0) is 16.0 Å². The van der Waals surface area contributed by atoms with E-state index in [1.807, 2.05) is 32.9 Å². The summed E-state index contributed by atoms with van der Waals surface area (Å²) in [6.07, 6.45) is 2.96. The smallest absolute Gasteiger partial charge is 0.410 e. The number of carbonyl (C=O) groups is 2. The van der Waals surface area contributed by atoms with Gasteiger partial charge in [-0.2, -0.15) is 0 Å². The summed E-state index contributed by atoms with van der Waals surface area (Å²) in [6, 6.07) is 9.80. The van der Waals surface area contributed by atoms with Gasteiger partial charge in [-0.1, -0.05) is 24.3 Å². The van der Waals surface area contributed by atoms with Crippen molar-refractivity contribution in [3.05, 3.63) is 47.8 Å². The number of nitrogens with two attached hydrogens (primary N) is 1. The van der Waals surface area contributed by atoms with E-state index in [4.69, 9.17) is 20.2 Å². The molecule has 2 atom stereocenters. The molecule has 2 fully saturated rings. The van der Waals surface area contributed by atoms with Crippen molar-refractivity contribution in [3.8, 4) is 11.3 Å². The topological polar surface area (TPSA) is 136 Å². The van der Waals surface area contributed by atoms with E-state index in [9.17, 15) is 9.59 Å². The molecule has 0 radical (unpaired) electrons. The van der Waals surface area contributed by atoms with Gasteiger partial charge in [-0.15, -0.1) is 0 Å². The summed E-state index contributed by atoms with van der Waals surface area (Å²) in [6.45, 7) is 12.2. The molecule has 2 aromatic heterocycles. The Kier molecular flexibility index (Phi) is 8.37. The Balaban J connectivity index is 1.39. The summed E-state index contributed by atoms with van der Waals surface area (Å²) < 4.78 is 11.2. The number of hydrogen-bond acceptors (Lipinski definition) is 9. The number of likely N-dealkylation sites (tertiary alicyclic amines) is 1. The molecular formula is C30H39N7O4. The van der Waals surface area contributed by atoms with Gasteiger partial charge in [0.1, 0.15) is 23.0 Å². The lowest BCUT2D eigenvalue weighted by atomic mass is 10.0. The third kappa shape index (κ3) is 7.09. The molecule has 0 aliphatic carbocycles. The normalized spacial score (nSPS) is 20.1. The van der Waals surface area contributed by atoms with Crippen molar-refractivity contribution >= 4 is 28.9 Å². The predicted molar refractivity (Wildman–Crippen MR) is 156 cm³/mol. The standard InChI is InChI=1S/C30H39N7O4/c1-19-15-36(12-13-40-19)16-20-7-9-21(10-8-20)24-14-23(27(31)38)25-26(35-24)28(33-18-32-25)34-22-6-5-11-37(17-22)29(39)41-30(2,3)4/h7-10,14,18-19,22H,5-6,11-13,15-17H2,1-4H3,(H2,31,38)(H,32,33,34)/t19-,22+/m1/s1. The summed E-state index contributed by atoms with van der Waals surface area (Å²) in [4.78, 5) is 42.9. The number of aromatic nitrogens is 3. The zero-order valence-corrected chi connectivity index (χ0v) is 24.2. The van der Waals surface area contributed by atoms with Crippen LogP contribution in [0, 0.1) is 0 Å². The van der Waals surface area contributed by atoms with Crippen LogP contribution in [0.5, 0.6) is 0 Å². The van der Waals surface area contributed by atoms with Gasteiger partial charge in [0, 0.05) is 44.3 Å². The molecule has 2 saturated heterocycles. The maximum atomic E-state index is 12.7. The Morgan fingerprint density at radius 1 is 1.12 bits per heavy atom. The molecule has 4 heterocycles. The van der Waals surface area contributed by atoms with Crippen molar-refractivity contribution in [2.24, 2.45) is 5.73 Å². The molecule has 41 heavy (non-hydrogen) atoms. The van der Waals surface area contributed by atoms with Gasteiger partial charge in [0.05, 0.1) is 24.0 Å². The van der Waals surface area contributed by atoms with Crippen molar-refractivity contribution < 1.29 is 19.1 Å². The summed E-state index contributed by atoms with van der Waals surface area (Å²) in [7, 11) is 0. The number of rotatable bonds is 6. The largest absolute Gasteiger partial charge is 0.444 e. The Hall–Kier alpha value is -3.83. The Morgan fingerprint density at radius 3 is 2.61 bits per heavy atom. The van der Waals surface area contributed by atoms with Gasteiger partial charge in [-0.25, -0.2) is 19.7 Å². The number of hydrogen-bond donors (Lipinski definition) is 2. The van der Waals surface area contributed by atoms with Crippen LogP contribution in [0.4, 0.5) is 10.6 Å². The van der Waals surface area contributed by atoms with Gasteiger partial charge in [-0.05, 0) is 52.2 Å². The second kappa shape index (κ2) is 12.0. The average Bonchev–Trinajstić information content (AvgIpc) is 2.92. The summed E-state index contributed by atoms with van der Waals surface area (Å²) in [5.41, 5.74) is 8.99. The Bertz CT molecular complexity index is 1410. The van der Waals surface area contributed by atoms with E-state index >= 15 is 0 Å².